The predicted molar refractivity (Wildman–Crippen MR) is 125 cm³/mol. The maximum atomic E-state index is 12.7. The van der Waals surface area contributed by atoms with Crippen LogP contribution in [0.5, 0.6) is 5.75 Å². The van der Waals surface area contributed by atoms with Crippen LogP contribution in [0.4, 0.5) is 0 Å². The number of aryl methyl sites for hydroxylation is 1. The SMILES string of the molecule is CCc1cc(=O)oc2cc(O[C@H](C)C(=O)NC3CCN(Cc4ccccc4)CC3)ccc12. The number of hydrogen-bond acceptors (Lipinski definition) is 5. The number of rotatable bonds is 7. The molecular weight excluding hydrogens is 404 g/mol. The zero-order valence-electron chi connectivity index (χ0n) is 18.7. The Morgan fingerprint density at radius 3 is 2.62 bits per heavy atom. The minimum atomic E-state index is -0.643. The van der Waals surface area contributed by atoms with E-state index in [1.54, 1.807) is 13.0 Å². The van der Waals surface area contributed by atoms with E-state index in [2.05, 4.69) is 34.5 Å². The topological polar surface area (TPSA) is 71.8 Å². The number of fused-ring (bicyclic) bond motifs is 1. The van der Waals surface area contributed by atoms with Crippen LogP contribution in [0.1, 0.15) is 37.8 Å². The van der Waals surface area contributed by atoms with E-state index >= 15 is 0 Å². The van der Waals surface area contributed by atoms with E-state index in [4.69, 9.17) is 9.15 Å². The second-order valence-electron chi connectivity index (χ2n) is 8.41. The first kappa shape index (κ1) is 22.1. The third-order valence-corrected chi connectivity index (χ3v) is 6.05. The van der Waals surface area contributed by atoms with Gasteiger partial charge in [0.1, 0.15) is 11.3 Å². The monoisotopic (exact) mass is 434 g/mol. The summed E-state index contributed by atoms with van der Waals surface area (Å²) < 4.78 is 11.2. The molecule has 0 aliphatic carbocycles. The largest absolute Gasteiger partial charge is 0.481 e. The summed E-state index contributed by atoms with van der Waals surface area (Å²) in [5.41, 5.74) is 2.35. The average molecular weight is 435 g/mol. The Kier molecular flexibility index (Phi) is 6.90. The summed E-state index contributed by atoms with van der Waals surface area (Å²) in [6.45, 7) is 6.59. The Bertz CT molecular complexity index is 1120. The minimum Gasteiger partial charge on any atom is -0.481 e. The number of ether oxygens (including phenoxy) is 1. The Labute approximate surface area is 188 Å². The van der Waals surface area contributed by atoms with Crippen molar-refractivity contribution in [2.24, 2.45) is 0 Å². The highest BCUT2D eigenvalue weighted by molar-refractivity contribution is 5.83. The molecule has 0 unspecified atom stereocenters. The number of nitrogens with zero attached hydrogens (tertiary/aromatic N) is 1. The van der Waals surface area contributed by atoms with Crippen LogP contribution in [0.2, 0.25) is 0 Å². The van der Waals surface area contributed by atoms with E-state index in [-0.39, 0.29) is 17.6 Å². The third-order valence-electron chi connectivity index (χ3n) is 6.05. The summed E-state index contributed by atoms with van der Waals surface area (Å²) in [5.74, 6) is 0.379. The van der Waals surface area contributed by atoms with Gasteiger partial charge < -0.3 is 14.5 Å². The van der Waals surface area contributed by atoms with Crippen LogP contribution >= 0.6 is 0 Å². The van der Waals surface area contributed by atoms with E-state index in [0.717, 1.165) is 49.8 Å². The molecule has 168 valence electrons. The van der Waals surface area contributed by atoms with Gasteiger partial charge in [0.05, 0.1) is 0 Å². The molecule has 2 heterocycles. The second kappa shape index (κ2) is 10.0. The lowest BCUT2D eigenvalue weighted by molar-refractivity contribution is -0.128. The predicted octanol–water partition coefficient (Wildman–Crippen LogP) is 3.90. The van der Waals surface area contributed by atoms with Crippen molar-refractivity contribution in [3.05, 3.63) is 76.1 Å². The van der Waals surface area contributed by atoms with Crippen molar-refractivity contribution in [2.75, 3.05) is 13.1 Å². The molecule has 32 heavy (non-hydrogen) atoms. The molecule has 0 spiro atoms. The van der Waals surface area contributed by atoms with Crippen molar-refractivity contribution in [3.8, 4) is 5.75 Å². The van der Waals surface area contributed by atoms with Gasteiger partial charge in [-0.3, -0.25) is 9.69 Å². The Hall–Kier alpha value is -3.12. The van der Waals surface area contributed by atoms with Gasteiger partial charge in [-0.1, -0.05) is 37.3 Å². The fourth-order valence-electron chi connectivity index (χ4n) is 4.23. The highest BCUT2D eigenvalue weighted by atomic mass is 16.5. The molecule has 0 saturated carbocycles. The summed E-state index contributed by atoms with van der Waals surface area (Å²) >= 11 is 0. The average Bonchev–Trinajstić information content (AvgIpc) is 2.80. The van der Waals surface area contributed by atoms with Crippen molar-refractivity contribution in [1.29, 1.82) is 0 Å². The molecular formula is C26H30N2O4. The van der Waals surface area contributed by atoms with Gasteiger partial charge >= 0.3 is 5.63 Å². The zero-order chi connectivity index (χ0) is 22.5. The fourth-order valence-corrected chi connectivity index (χ4v) is 4.23. The van der Waals surface area contributed by atoms with Gasteiger partial charge in [0.2, 0.25) is 0 Å². The summed E-state index contributed by atoms with van der Waals surface area (Å²) in [6, 6.07) is 17.5. The fraction of sp³-hybridized carbons (Fsp3) is 0.385. The zero-order valence-corrected chi connectivity index (χ0v) is 18.7. The van der Waals surface area contributed by atoms with Crippen molar-refractivity contribution in [2.45, 2.75) is 51.8 Å². The normalized spacial score (nSPS) is 16.1. The molecule has 6 heteroatoms. The van der Waals surface area contributed by atoms with E-state index in [0.29, 0.717) is 11.3 Å². The standard InChI is InChI=1S/C26H30N2O4/c1-3-20-15-25(29)32-24-16-22(9-10-23(20)24)31-18(2)26(30)27-21-11-13-28(14-12-21)17-19-7-5-4-6-8-19/h4-10,15-16,18,21H,3,11-14,17H2,1-2H3,(H,27,30)/t18-/m1/s1. The lowest BCUT2D eigenvalue weighted by atomic mass is 10.0. The van der Waals surface area contributed by atoms with Crippen molar-refractivity contribution in [3.63, 3.8) is 0 Å². The van der Waals surface area contributed by atoms with Crippen molar-refractivity contribution >= 4 is 16.9 Å². The van der Waals surface area contributed by atoms with Crippen LogP contribution in [-0.2, 0) is 17.8 Å². The molecule has 1 aliphatic heterocycles. The van der Waals surface area contributed by atoms with Crippen LogP contribution in [0, 0.1) is 0 Å². The van der Waals surface area contributed by atoms with Gasteiger partial charge in [-0.2, -0.15) is 0 Å². The molecule has 0 bridgehead atoms. The molecule has 1 N–H and O–H groups in total. The molecule has 4 rings (SSSR count). The molecule has 1 fully saturated rings. The lowest BCUT2D eigenvalue weighted by Gasteiger charge is -2.32. The van der Waals surface area contributed by atoms with E-state index in [1.807, 2.05) is 25.1 Å². The first-order valence-corrected chi connectivity index (χ1v) is 11.3. The van der Waals surface area contributed by atoms with Crippen LogP contribution in [-0.4, -0.2) is 36.0 Å². The number of carbonyl (C=O) groups excluding carboxylic acids is 1. The maximum absolute atomic E-state index is 12.7. The minimum absolute atomic E-state index is 0.129. The molecule has 2 aromatic carbocycles. The van der Waals surface area contributed by atoms with Gasteiger partial charge in [-0.05, 0) is 49.4 Å². The Morgan fingerprint density at radius 1 is 1.16 bits per heavy atom. The van der Waals surface area contributed by atoms with Crippen LogP contribution < -0.4 is 15.7 Å². The molecule has 3 aromatic rings. The summed E-state index contributed by atoms with van der Waals surface area (Å²) in [6.07, 6.45) is 1.94. The number of hydrogen-bond donors (Lipinski definition) is 1. The van der Waals surface area contributed by atoms with Gasteiger partial charge in [0.25, 0.3) is 5.91 Å². The molecule has 1 atom stereocenters. The van der Waals surface area contributed by atoms with Crippen LogP contribution in [0.25, 0.3) is 11.0 Å². The molecule has 1 amide bonds. The molecule has 1 aliphatic rings. The molecule has 1 aromatic heterocycles. The van der Waals surface area contributed by atoms with E-state index in [9.17, 15) is 9.59 Å². The molecule has 0 radical (unpaired) electrons. The smallest absolute Gasteiger partial charge is 0.336 e. The Morgan fingerprint density at radius 2 is 1.91 bits per heavy atom. The lowest BCUT2D eigenvalue weighted by Crippen LogP contribution is -2.47. The second-order valence-corrected chi connectivity index (χ2v) is 8.41. The highest BCUT2D eigenvalue weighted by Gasteiger charge is 2.23. The van der Waals surface area contributed by atoms with E-state index in [1.165, 1.54) is 11.6 Å². The van der Waals surface area contributed by atoms with Crippen LogP contribution in [0.3, 0.4) is 0 Å². The summed E-state index contributed by atoms with van der Waals surface area (Å²) in [7, 11) is 0. The first-order chi connectivity index (χ1) is 15.5. The maximum Gasteiger partial charge on any atom is 0.336 e. The van der Waals surface area contributed by atoms with Crippen LogP contribution in [0.15, 0.2) is 63.8 Å². The first-order valence-electron chi connectivity index (χ1n) is 11.3. The van der Waals surface area contributed by atoms with Gasteiger partial charge in [-0.25, -0.2) is 4.79 Å². The molecule has 6 nitrogen and oxygen atoms in total. The van der Waals surface area contributed by atoms with Gasteiger partial charge in [0, 0.05) is 43.2 Å². The Balaban J connectivity index is 1.30. The summed E-state index contributed by atoms with van der Waals surface area (Å²) in [5, 5.41) is 4.01. The quantitative estimate of drug-likeness (QED) is 0.571. The van der Waals surface area contributed by atoms with Crippen molar-refractivity contribution in [1.82, 2.24) is 10.2 Å². The number of piperidine rings is 1. The van der Waals surface area contributed by atoms with Gasteiger partial charge in [0.15, 0.2) is 6.10 Å². The third kappa shape index (κ3) is 5.37. The highest BCUT2D eigenvalue weighted by Crippen LogP contribution is 2.24. The van der Waals surface area contributed by atoms with E-state index < -0.39 is 6.10 Å². The van der Waals surface area contributed by atoms with Crippen molar-refractivity contribution < 1.29 is 13.9 Å². The number of carbonyl (C=O) groups is 1. The number of benzene rings is 2. The number of nitrogens with one attached hydrogen (secondary N) is 1. The molecule has 1 saturated heterocycles. The van der Waals surface area contributed by atoms with Gasteiger partial charge in [-0.15, -0.1) is 0 Å². The number of likely N-dealkylation sites (tertiary alicyclic amines) is 1. The number of amides is 1. The summed E-state index contributed by atoms with van der Waals surface area (Å²) in [4.78, 5) is 26.9.